The first-order valence-corrected chi connectivity index (χ1v) is 7.80. The van der Waals surface area contributed by atoms with Gasteiger partial charge in [0.1, 0.15) is 0 Å². The zero-order valence-electron chi connectivity index (χ0n) is 11.8. The second-order valence-electron chi connectivity index (χ2n) is 6.03. The quantitative estimate of drug-likeness (QED) is 0.792. The maximum Gasteiger partial charge on any atom is 0.0110 e. The summed E-state index contributed by atoms with van der Waals surface area (Å²) in [6.07, 6.45) is 9.77. The Morgan fingerprint density at radius 2 is 2.06 bits per heavy atom. The molecule has 2 aliphatic rings. The molecule has 2 rings (SSSR count). The van der Waals surface area contributed by atoms with Gasteiger partial charge in [-0.3, -0.25) is 0 Å². The molecule has 2 nitrogen and oxygen atoms in total. The van der Waals surface area contributed by atoms with E-state index in [1.165, 1.54) is 64.6 Å². The summed E-state index contributed by atoms with van der Waals surface area (Å²) in [5.74, 6) is 0.985. The van der Waals surface area contributed by atoms with Crippen molar-refractivity contribution < 1.29 is 0 Å². The van der Waals surface area contributed by atoms with Crippen molar-refractivity contribution in [2.75, 3.05) is 19.6 Å². The van der Waals surface area contributed by atoms with Crippen LogP contribution in [0.2, 0.25) is 0 Å². The standard InChI is InChI=1S/C15H30N2/c1-3-9-16-14-6-5-7-15(11-14)17-10-8-13(4-2)12-17/h13-16H,3-12H2,1-2H3. The topological polar surface area (TPSA) is 15.3 Å². The molecular weight excluding hydrogens is 208 g/mol. The van der Waals surface area contributed by atoms with Crippen LogP contribution in [-0.4, -0.2) is 36.6 Å². The predicted molar refractivity (Wildman–Crippen MR) is 74.3 cm³/mol. The zero-order valence-corrected chi connectivity index (χ0v) is 11.8. The SMILES string of the molecule is CCCNC1CCCC(N2CCC(CC)C2)C1. The van der Waals surface area contributed by atoms with E-state index in [0.29, 0.717) is 0 Å². The van der Waals surface area contributed by atoms with Crippen LogP contribution in [0, 0.1) is 5.92 Å². The zero-order chi connectivity index (χ0) is 12.1. The highest BCUT2D eigenvalue weighted by Crippen LogP contribution is 2.29. The third-order valence-electron chi connectivity index (χ3n) is 4.74. The van der Waals surface area contributed by atoms with E-state index in [1.54, 1.807) is 0 Å². The molecule has 2 fully saturated rings. The number of nitrogens with one attached hydrogen (secondary N) is 1. The van der Waals surface area contributed by atoms with Crippen LogP contribution in [0.25, 0.3) is 0 Å². The maximum atomic E-state index is 3.72. The molecule has 1 aliphatic carbocycles. The minimum atomic E-state index is 0.800. The molecule has 0 spiro atoms. The van der Waals surface area contributed by atoms with E-state index in [4.69, 9.17) is 0 Å². The molecule has 1 saturated carbocycles. The van der Waals surface area contributed by atoms with Crippen molar-refractivity contribution >= 4 is 0 Å². The molecule has 3 atom stereocenters. The summed E-state index contributed by atoms with van der Waals surface area (Å²) >= 11 is 0. The summed E-state index contributed by atoms with van der Waals surface area (Å²) < 4.78 is 0. The second-order valence-corrected chi connectivity index (χ2v) is 6.03. The van der Waals surface area contributed by atoms with E-state index < -0.39 is 0 Å². The Bertz CT molecular complexity index is 217. The van der Waals surface area contributed by atoms with E-state index in [9.17, 15) is 0 Å². The lowest BCUT2D eigenvalue weighted by Gasteiger charge is -2.36. The van der Waals surface area contributed by atoms with Crippen LogP contribution in [0.4, 0.5) is 0 Å². The first-order valence-electron chi connectivity index (χ1n) is 7.80. The van der Waals surface area contributed by atoms with Gasteiger partial charge in [0.15, 0.2) is 0 Å². The van der Waals surface area contributed by atoms with Crippen molar-refractivity contribution in [3.8, 4) is 0 Å². The Kier molecular flexibility index (Phi) is 5.30. The first-order chi connectivity index (χ1) is 8.33. The number of hydrogen-bond donors (Lipinski definition) is 1. The Balaban J connectivity index is 1.77. The largest absolute Gasteiger partial charge is 0.314 e. The summed E-state index contributed by atoms with van der Waals surface area (Å²) in [7, 11) is 0. The molecule has 1 aliphatic heterocycles. The highest BCUT2D eigenvalue weighted by molar-refractivity contribution is 4.87. The molecule has 17 heavy (non-hydrogen) atoms. The summed E-state index contributed by atoms with van der Waals surface area (Å²) in [6.45, 7) is 8.56. The van der Waals surface area contributed by atoms with Crippen LogP contribution in [0.1, 0.15) is 58.8 Å². The van der Waals surface area contributed by atoms with E-state index >= 15 is 0 Å². The molecule has 0 aromatic carbocycles. The molecule has 0 aromatic rings. The number of hydrogen-bond acceptors (Lipinski definition) is 2. The van der Waals surface area contributed by atoms with Gasteiger partial charge in [-0.2, -0.15) is 0 Å². The highest BCUT2D eigenvalue weighted by Gasteiger charge is 2.30. The lowest BCUT2D eigenvalue weighted by Crippen LogP contribution is -2.43. The number of nitrogens with zero attached hydrogens (tertiary/aromatic N) is 1. The molecule has 2 heteroatoms. The fraction of sp³-hybridized carbons (Fsp3) is 1.00. The van der Waals surface area contributed by atoms with Gasteiger partial charge in [-0.25, -0.2) is 0 Å². The molecule has 1 heterocycles. The Morgan fingerprint density at radius 1 is 1.18 bits per heavy atom. The molecule has 100 valence electrons. The van der Waals surface area contributed by atoms with Gasteiger partial charge in [-0.05, 0) is 51.1 Å². The third-order valence-corrected chi connectivity index (χ3v) is 4.74. The van der Waals surface area contributed by atoms with Gasteiger partial charge in [-0.15, -0.1) is 0 Å². The second kappa shape index (κ2) is 6.75. The minimum Gasteiger partial charge on any atom is -0.314 e. The van der Waals surface area contributed by atoms with Crippen LogP contribution in [-0.2, 0) is 0 Å². The van der Waals surface area contributed by atoms with Gasteiger partial charge in [0.2, 0.25) is 0 Å². The van der Waals surface area contributed by atoms with Crippen molar-refractivity contribution in [2.24, 2.45) is 5.92 Å². The fourth-order valence-electron chi connectivity index (χ4n) is 3.56. The van der Waals surface area contributed by atoms with Gasteiger partial charge in [0.05, 0.1) is 0 Å². The Morgan fingerprint density at radius 3 is 2.76 bits per heavy atom. The lowest BCUT2D eigenvalue weighted by molar-refractivity contribution is 0.163. The average molecular weight is 238 g/mol. The fourth-order valence-corrected chi connectivity index (χ4v) is 3.56. The van der Waals surface area contributed by atoms with E-state index in [0.717, 1.165) is 18.0 Å². The van der Waals surface area contributed by atoms with E-state index in [-0.39, 0.29) is 0 Å². The summed E-state index contributed by atoms with van der Waals surface area (Å²) in [6, 6.07) is 1.68. The van der Waals surface area contributed by atoms with Crippen LogP contribution in [0.5, 0.6) is 0 Å². The molecule has 3 unspecified atom stereocenters. The normalized spacial score (nSPS) is 35.3. The van der Waals surface area contributed by atoms with Crippen molar-refractivity contribution in [1.29, 1.82) is 0 Å². The first kappa shape index (κ1) is 13.4. The average Bonchev–Trinajstić information content (AvgIpc) is 2.85. The van der Waals surface area contributed by atoms with Crippen LogP contribution < -0.4 is 5.32 Å². The van der Waals surface area contributed by atoms with E-state index in [1.807, 2.05) is 0 Å². The summed E-state index contributed by atoms with van der Waals surface area (Å²) in [5.41, 5.74) is 0. The molecular formula is C15H30N2. The van der Waals surface area contributed by atoms with Gasteiger partial charge < -0.3 is 10.2 Å². The Hall–Kier alpha value is -0.0800. The molecule has 0 radical (unpaired) electrons. The van der Waals surface area contributed by atoms with Crippen molar-refractivity contribution in [3.05, 3.63) is 0 Å². The molecule has 0 bridgehead atoms. The highest BCUT2D eigenvalue weighted by atomic mass is 15.2. The summed E-state index contributed by atoms with van der Waals surface area (Å²) in [4.78, 5) is 2.79. The predicted octanol–water partition coefficient (Wildman–Crippen LogP) is 3.03. The van der Waals surface area contributed by atoms with Gasteiger partial charge in [0.25, 0.3) is 0 Å². The van der Waals surface area contributed by atoms with Gasteiger partial charge in [0, 0.05) is 18.6 Å². The van der Waals surface area contributed by atoms with Gasteiger partial charge >= 0.3 is 0 Å². The molecule has 0 amide bonds. The van der Waals surface area contributed by atoms with E-state index in [2.05, 4.69) is 24.1 Å². The number of likely N-dealkylation sites (tertiary alicyclic amines) is 1. The third kappa shape index (κ3) is 3.69. The monoisotopic (exact) mass is 238 g/mol. The van der Waals surface area contributed by atoms with Crippen molar-refractivity contribution in [3.63, 3.8) is 0 Å². The summed E-state index contributed by atoms with van der Waals surface area (Å²) in [5, 5.41) is 3.72. The molecule has 0 aromatic heterocycles. The molecule has 1 N–H and O–H groups in total. The smallest absolute Gasteiger partial charge is 0.0110 e. The van der Waals surface area contributed by atoms with Crippen molar-refractivity contribution in [2.45, 2.75) is 70.9 Å². The molecule has 1 saturated heterocycles. The maximum absolute atomic E-state index is 3.72. The Labute approximate surface area is 107 Å². The van der Waals surface area contributed by atoms with Crippen LogP contribution >= 0.6 is 0 Å². The van der Waals surface area contributed by atoms with Crippen LogP contribution in [0.3, 0.4) is 0 Å². The number of rotatable bonds is 5. The van der Waals surface area contributed by atoms with Gasteiger partial charge in [-0.1, -0.05) is 26.7 Å². The lowest BCUT2D eigenvalue weighted by atomic mass is 9.90. The van der Waals surface area contributed by atoms with Crippen LogP contribution in [0.15, 0.2) is 0 Å². The minimum absolute atomic E-state index is 0.800. The van der Waals surface area contributed by atoms with Crippen molar-refractivity contribution in [1.82, 2.24) is 10.2 Å².